The molecule has 2 amide bonds. The Bertz CT molecular complexity index is 722. The maximum Gasteiger partial charge on any atom is 0.408 e. The zero-order valence-corrected chi connectivity index (χ0v) is 18.3. The van der Waals surface area contributed by atoms with E-state index < -0.39 is 17.7 Å². The van der Waals surface area contributed by atoms with Crippen molar-refractivity contribution >= 4 is 17.8 Å². The molecule has 0 heterocycles. The van der Waals surface area contributed by atoms with Crippen LogP contribution in [-0.2, 0) is 14.3 Å². The Kier molecular flexibility index (Phi) is 10.6. The molecule has 0 aliphatic rings. The molecule has 0 radical (unpaired) electrons. The van der Waals surface area contributed by atoms with Crippen molar-refractivity contribution in [1.82, 2.24) is 10.6 Å². The van der Waals surface area contributed by atoms with Crippen molar-refractivity contribution in [3.05, 3.63) is 61.2 Å². The number of carbonyl (C=O) groups is 3. The fraction of sp³-hybridized carbons (Fsp3) is 0.458. The van der Waals surface area contributed by atoms with Gasteiger partial charge in [0.05, 0.1) is 12.1 Å². The number of ketones is 1. The summed E-state index contributed by atoms with van der Waals surface area (Å²) < 4.78 is 5.25. The second-order valence-electron chi connectivity index (χ2n) is 8.09. The monoisotopic (exact) mass is 414 g/mol. The van der Waals surface area contributed by atoms with E-state index in [2.05, 4.69) is 23.8 Å². The Labute approximate surface area is 179 Å². The molecular formula is C24H34N2O4. The van der Waals surface area contributed by atoms with Gasteiger partial charge in [0.25, 0.3) is 0 Å². The summed E-state index contributed by atoms with van der Waals surface area (Å²) in [6.45, 7) is 12.6. The van der Waals surface area contributed by atoms with Crippen LogP contribution in [0.3, 0.4) is 0 Å². The minimum absolute atomic E-state index is 0.0919. The lowest BCUT2D eigenvalue weighted by molar-refractivity contribution is -0.123. The fourth-order valence-corrected chi connectivity index (χ4v) is 2.86. The van der Waals surface area contributed by atoms with Gasteiger partial charge in [0.1, 0.15) is 5.60 Å². The first-order valence-electron chi connectivity index (χ1n) is 10.2. The number of hydrogen-bond acceptors (Lipinski definition) is 4. The molecule has 1 rings (SSSR count). The largest absolute Gasteiger partial charge is 0.444 e. The summed E-state index contributed by atoms with van der Waals surface area (Å²) in [6, 6.07) is 8.51. The predicted molar refractivity (Wildman–Crippen MR) is 119 cm³/mol. The van der Waals surface area contributed by atoms with Gasteiger partial charge in [0.15, 0.2) is 5.78 Å². The van der Waals surface area contributed by atoms with Crippen LogP contribution >= 0.6 is 0 Å². The van der Waals surface area contributed by atoms with Crippen LogP contribution in [0.25, 0.3) is 0 Å². The van der Waals surface area contributed by atoms with Crippen LogP contribution in [0.4, 0.5) is 4.79 Å². The molecule has 1 aromatic rings. The topological polar surface area (TPSA) is 84.5 Å². The van der Waals surface area contributed by atoms with Crippen molar-refractivity contribution < 1.29 is 19.1 Å². The van der Waals surface area contributed by atoms with E-state index in [-0.39, 0.29) is 24.2 Å². The third-order valence-electron chi connectivity index (χ3n) is 4.27. The number of rotatable bonds is 12. The molecule has 0 fully saturated rings. The van der Waals surface area contributed by atoms with E-state index in [1.54, 1.807) is 32.9 Å². The molecule has 0 unspecified atom stereocenters. The number of ether oxygens (including phenoxy) is 1. The van der Waals surface area contributed by atoms with Gasteiger partial charge in [-0.25, -0.2) is 4.79 Å². The Balaban J connectivity index is 2.79. The van der Waals surface area contributed by atoms with E-state index in [1.807, 2.05) is 30.3 Å². The van der Waals surface area contributed by atoms with Gasteiger partial charge < -0.3 is 15.4 Å². The van der Waals surface area contributed by atoms with Crippen molar-refractivity contribution in [1.29, 1.82) is 0 Å². The molecule has 0 aliphatic heterocycles. The van der Waals surface area contributed by atoms with Gasteiger partial charge >= 0.3 is 6.09 Å². The lowest BCUT2D eigenvalue weighted by Gasteiger charge is -2.23. The zero-order valence-electron chi connectivity index (χ0n) is 18.3. The number of nitrogens with one attached hydrogen (secondary N) is 2. The van der Waals surface area contributed by atoms with E-state index >= 15 is 0 Å². The van der Waals surface area contributed by atoms with Crippen molar-refractivity contribution in [3.63, 3.8) is 0 Å². The maximum atomic E-state index is 12.8. The molecule has 6 nitrogen and oxygen atoms in total. The lowest BCUT2D eigenvalue weighted by atomic mass is 9.97. The van der Waals surface area contributed by atoms with Crippen LogP contribution in [0, 0.1) is 0 Å². The van der Waals surface area contributed by atoms with E-state index in [1.165, 1.54) is 0 Å². The van der Waals surface area contributed by atoms with Gasteiger partial charge in [-0.15, -0.1) is 13.2 Å². The molecule has 6 heteroatoms. The van der Waals surface area contributed by atoms with Crippen molar-refractivity contribution in [2.75, 3.05) is 0 Å². The highest BCUT2D eigenvalue weighted by Gasteiger charge is 2.24. The molecule has 0 aromatic heterocycles. The first kappa shape index (κ1) is 25.1. The standard InChI is InChI=1S/C24H34N2O4/c1-6-8-15-22(28)25-19(18-13-10-9-11-14-18)16-17-21(27)20(12-7-2)26-23(29)30-24(3,4)5/h6-7,9-11,13-14,19-20H,1-2,8,12,15-17H2,3-5H3,(H,25,28)(H,26,29)/t19-,20+/m0/s1. The van der Waals surface area contributed by atoms with Crippen LogP contribution in [0.15, 0.2) is 55.6 Å². The highest BCUT2D eigenvalue weighted by molar-refractivity contribution is 5.87. The van der Waals surface area contributed by atoms with Gasteiger partial charge in [-0.1, -0.05) is 42.5 Å². The quantitative estimate of drug-likeness (QED) is 0.489. The molecule has 0 spiro atoms. The summed E-state index contributed by atoms with van der Waals surface area (Å²) in [5, 5.41) is 5.62. The molecule has 164 valence electrons. The second kappa shape index (κ2) is 12.6. The van der Waals surface area contributed by atoms with Crippen molar-refractivity contribution in [2.24, 2.45) is 0 Å². The van der Waals surface area contributed by atoms with Gasteiger partial charge in [-0.2, -0.15) is 0 Å². The zero-order chi connectivity index (χ0) is 22.6. The summed E-state index contributed by atoms with van der Waals surface area (Å²) in [4.78, 5) is 37.1. The van der Waals surface area contributed by atoms with E-state index in [0.29, 0.717) is 25.7 Å². The second-order valence-corrected chi connectivity index (χ2v) is 8.09. The third-order valence-corrected chi connectivity index (χ3v) is 4.27. The average molecular weight is 415 g/mol. The minimum atomic E-state index is -0.717. The molecule has 0 bridgehead atoms. The molecule has 0 aliphatic carbocycles. The lowest BCUT2D eigenvalue weighted by Crippen LogP contribution is -2.43. The van der Waals surface area contributed by atoms with Gasteiger partial charge in [0, 0.05) is 12.8 Å². The summed E-state index contributed by atoms with van der Waals surface area (Å²) in [6.07, 6.45) is 4.50. The van der Waals surface area contributed by atoms with E-state index in [0.717, 1.165) is 5.56 Å². The first-order chi connectivity index (χ1) is 14.2. The van der Waals surface area contributed by atoms with Crippen molar-refractivity contribution in [2.45, 2.75) is 70.6 Å². The predicted octanol–water partition coefficient (Wildman–Crippen LogP) is 4.63. The Morgan fingerprint density at radius 3 is 2.27 bits per heavy atom. The SMILES string of the molecule is C=CCCC(=O)N[C@@H](CCC(=O)[C@@H](CC=C)NC(=O)OC(C)(C)C)c1ccccc1. The Morgan fingerprint density at radius 2 is 1.70 bits per heavy atom. The number of amides is 2. The number of carbonyl (C=O) groups excluding carboxylic acids is 3. The van der Waals surface area contributed by atoms with Crippen LogP contribution in [-0.4, -0.2) is 29.4 Å². The van der Waals surface area contributed by atoms with Crippen LogP contribution in [0.1, 0.15) is 64.5 Å². The fourth-order valence-electron chi connectivity index (χ4n) is 2.86. The van der Waals surface area contributed by atoms with E-state index in [9.17, 15) is 14.4 Å². The van der Waals surface area contributed by atoms with Crippen LogP contribution in [0.2, 0.25) is 0 Å². The smallest absolute Gasteiger partial charge is 0.408 e. The van der Waals surface area contributed by atoms with E-state index in [4.69, 9.17) is 4.74 Å². The highest BCUT2D eigenvalue weighted by atomic mass is 16.6. The van der Waals surface area contributed by atoms with Gasteiger partial charge in [-0.3, -0.25) is 9.59 Å². The average Bonchev–Trinajstić information content (AvgIpc) is 2.68. The number of benzene rings is 1. The molecular weight excluding hydrogens is 380 g/mol. The molecule has 0 saturated carbocycles. The number of Topliss-reactive ketones (excluding diaryl/α,β-unsaturated/α-hetero) is 1. The molecule has 2 atom stereocenters. The van der Waals surface area contributed by atoms with Gasteiger partial charge in [-0.05, 0) is 45.6 Å². The Morgan fingerprint density at radius 1 is 1.03 bits per heavy atom. The molecule has 1 aromatic carbocycles. The van der Waals surface area contributed by atoms with Gasteiger partial charge in [0.2, 0.25) is 5.91 Å². The molecule has 2 N–H and O–H groups in total. The number of alkyl carbamates (subject to hydrolysis) is 1. The summed E-state index contributed by atoms with van der Waals surface area (Å²) >= 11 is 0. The highest BCUT2D eigenvalue weighted by Crippen LogP contribution is 2.20. The third kappa shape index (κ3) is 10.0. The maximum absolute atomic E-state index is 12.8. The first-order valence-corrected chi connectivity index (χ1v) is 10.2. The molecule has 30 heavy (non-hydrogen) atoms. The summed E-state index contributed by atoms with van der Waals surface area (Å²) in [5.41, 5.74) is 0.276. The summed E-state index contributed by atoms with van der Waals surface area (Å²) in [7, 11) is 0. The molecule has 0 saturated heterocycles. The number of hydrogen-bond donors (Lipinski definition) is 2. The number of allylic oxidation sites excluding steroid dienone is 1. The van der Waals surface area contributed by atoms with Crippen LogP contribution in [0.5, 0.6) is 0 Å². The normalized spacial score (nSPS) is 12.9. The minimum Gasteiger partial charge on any atom is -0.444 e. The van der Waals surface area contributed by atoms with Crippen molar-refractivity contribution in [3.8, 4) is 0 Å². The summed E-state index contributed by atoms with van der Waals surface area (Å²) in [5.74, 6) is -0.229. The Hall–Kier alpha value is -2.89. The van der Waals surface area contributed by atoms with Crippen LogP contribution < -0.4 is 10.6 Å².